The van der Waals surface area contributed by atoms with Crippen LogP contribution in [0.25, 0.3) is 0 Å². The molecular weight excluding hydrogens is 170 g/mol. The fourth-order valence-corrected chi connectivity index (χ4v) is 2.39. The van der Waals surface area contributed by atoms with E-state index in [4.69, 9.17) is 0 Å². The van der Waals surface area contributed by atoms with Crippen LogP contribution in [0.4, 0.5) is 0 Å². The van der Waals surface area contributed by atoms with Crippen molar-refractivity contribution < 1.29 is 0 Å². The van der Waals surface area contributed by atoms with Crippen molar-refractivity contribution in [2.75, 3.05) is 0 Å². The fraction of sp³-hybridized carbons (Fsp3) is 0.462. The molecule has 0 aliphatic heterocycles. The van der Waals surface area contributed by atoms with E-state index in [0.29, 0.717) is 0 Å². The molecule has 2 rings (SSSR count). The van der Waals surface area contributed by atoms with Crippen LogP contribution >= 0.6 is 0 Å². The van der Waals surface area contributed by atoms with E-state index in [1.807, 2.05) is 6.07 Å². The fourth-order valence-electron chi connectivity index (χ4n) is 2.39. The molecule has 1 heteroatoms. The normalized spacial score (nSPS) is 28.1. The van der Waals surface area contributed by atoms with Crippen LogP contribution in [0, 0.1) is 16.7 Å². The maximum Gasteiger partial charge on any atom is 0.0850 e. The van der Waals surface area contributed by atoms with E-state index < -0.39 is 0 Å². The van der Waals surface area contributed by atoms with E-state index in [1.54, 1.807) is 0 Å². The minimum Gasteiger partial charge on any atom is -0.197 e. The summed E-state index contributed by atoms with van der Waals surface area (Å²) < 4.78 is 0. The minimum atomic E-state index is -0.330. The van der Waals surface area contributed by atoms with Crippen LogP contribution in [-0.2, 0) is 11.8 Å². The predicted molar refractivity (Wildman–Crippen MR) is 56.9 cm³/mol. The van der Waals surface area contributed by atoms with Crippen LogP contribution < -0.4 is 0 Å². The molecule has 72 valence electrons. The summed E-state index contributed by atoms with van der Waals surface area (Å²) in [6, 6.07) is 10.8. The molecule has 1 aliphatic rings. The first kappa shape index (κ1) is 9.27. The summed E-state index contributed by atoms with van der Waals surface area (Å²) in [6.45, 7) is 6.41. The van der Waals surface area contributed by atoms with Gasteiger partial charge in [0, 0.05) is 0 Å². The number of hydrogen-bond donors (Lipinski definition) is 0. The quantitative estimate of drug-likeness (QED) is 0.609. The van der Waals surface area contributed by atoms with Gasteiger partial charge in [-0.15, -0.1) is 0 Å². The summed E-state index contributed by atoms with van der Waals surface area (Å²) in [5.41, 5.74) is 2.27. The Hall–Kier alpha value is -1.29. The van der Waals surface area contributed by atoms with Gasteiger partial charge < -0.3 is 0 Å². The van der Waals surface area contributed by atoms with Gasteiger partial charge in [0.05, 0.1) is 11.5 Å². The van der Waals surface area contributed by atoms with E-state index in [0.717, 1.165) is 6.42 Å². The van der Waals surface area contributed by atoms with Gasteiger partial charge in [0.1, 0.15) is 0 Å². The zero-order valence-electron chi connectivity index (χ0n) is 8.96. The Balaban J connectivity index is 2.67. The van der Waals surface area contributed by atoms with Gasteiger partial charge in [-0.25, -0.2) is 0 Å². The third-order valence-corrected chi connectivity index (χ3v) is 3.77. The molecule has 14 heavy (non-hydrogen) atoms. The lowest BCUT2D eigenvalue weighted by molar-refractivity contribution is 0.264. The number of rotatable bonds is 0. The Morgan fingerprint density at radius 1 is 1.21 bits per heavy atom. The molecule has 0 saturated carbocycles. The maximum absolute atomic E-state index is 9.36. The summed E-state index contributed by atoms with van der Waals surface area (Å²) >= 11 is 0. The van der Waals surface area contributed by atoms with Gasteiger partial charge in [0.25, 0.3) is 0 Å². The van der Waals surface area contributed by atoms with Crippen LogP contribution in [0.2, 0.25) is 0 Å². The second-order valence-electron chi connectivity index (χ2n) is 4.95. The first-order chi connectivity index (χ1) is 6.51. The van der Waals surface area contributed by atoms with Gasteiger partial charge in [-0.2, -0.15) is 5.26 Å². The maximum atomic E-state index is 9.36. The van der Waals surface area contributed by atoms with Crippen molar-refractivity contribution in [3.63, 3.8) is 0 Å². The van der Waals surface area contributed by atoms with Crippen LogP contribution in [0.15, 0.2) is 24.3 Å². The summed E-state index contributed by atoms with van der Waals surface area (Å²) in [6.07, 6.45) is 1.01. The van der Waals surface area contributed by atoms with Gasteiger partial charge in [-0.3, -0.25) is 0 Å². The molecule has 0 amide bonds. The van der Waals surface area contributed by atoms with Crippen LogP contribution in [0.3, 0.4) is 0 Å². The molecule has 1 atom stereocenters. The van der Waals surface area contributed by atoms with Gasteiger partial charge in [0.15, 0.2) is 0 Å². The molecule has 0 N–H and O–H groups in total. The average molecular weight is 185 g/mol. The monoisotopic (exact) mass is 185 g/mol. The van der Waals surface area contributed by atoms with Crippen molar-refractivity contribution in [1.29, 1.82) is 5.26 Å². The molecule has 1 aliphatic carbocycles. The number of nitrogens with zero attached hydrogens (tertiary/aromatic N) is 1. The average Bonchev–Trinajstić information content (AvgIpc) is 2.36. The van der Waals surface area contributed by atoms with Crippen molar-refractivity contribution in [2.45, 2.75) is 32.6 Å². The lowest BCUT2D eigenvalue weighted by Gasteiger charge is -2.32. The third kappa shape index (κ3) is 0.944. The highest BCUT2D eigenvalue weighted by Gasteiger charge is 2.49. The van der Waals surface area contributed by atoms with Crippen molar-refractivity contribution in [3.8, 4) is 6.07 Å². The van der Waals surface area contributed by atoms with Crippen molar-refractivity contribution >= 4 is 0 Å². The number of hydrogen-bond acceptors (Lipinski definition) is 1. The van der Waals surface area contributed by atoms with E-state index in [9.17, 15) is 5.26 Å². The molecule has 1 nitrogen and oxygen atoms in total. The number of fused-ring (bicyclic) bond motifs is 1. The zero-order valence-corrected chi connectivity index (χ0v) is 8.96. The van der Waals surface area contributed by atoms with E-state index in [-0.39, 0.29) is 10.8 Å². The Labute approximate surface area is 85.4 Å². The molecule has 0 bridgehead atoms. The van der Waals surface area contributed by atoms with Crippen molar-refractivity contribution in [3.05, 3.63) is 35.4 Å². The molecule has 0 saturated heterocycles. The van der Waals surface area contributed by atoms with Crippen LogP contribution in [0.5, 0.6) is 0 Å². The molecule has 0 fully saturated rings. The Morgan fingerprint density at radius 2 is 1.86 bits per heavy atom. The highest BCUT2D eigenvalue weighted by Crippen LogP contribution is 2.50. The van der Waals surface area contributed by atoms with Gasteiger partial charge >= 0.3 is 0 Å². The molecular formula is C13H15N. The SMILES string of the molecule is CC1(C)Cc2ccccc2C1(C)C#N. The summed E-state index contributed by atoms with van der Waals surface area (Å²) in [5.74, 6) is 0. The summed E-state index contributed by atoms with van der Waals surface area (Å²) in [5, 5.41) is 9.36. The minimum absolute atomic E-state index is 0.0471. The Morgan fingerprint density at radius 3 is 2.50 bits per heavy atom. The first-order valence-electron chi connectivity index (χ1n) is 5.01. The molecule has 0 radical (unpaired) electrons. The first-order valence-corrected chi connectivity index (χ1v) is 5.01. The predicted octanol–water partition coefficient (Wildman–Crippen LogP) is 3.05. The number of nitriles is 1. The topological polar surface area (TPSA) is 23.8 Å². The third-order valence-electron chi connectivity index (χ3n) is 3.77. The zero-order chi connectivity index (χ0) is 10.4. The largest absolute Gasteiger partial charge is 0.197 e. The number of benzene rings is 1. The Bertz CT molecular complexity index is 411. The standard InChI is InChI=1S/C13H15N/c1-12(2)8-10-6-4-5-7-11(10)13(12,3)9-14/h4-7H,8H2,1-3H3. The molecule has 0 spiro atoms. The van der Waals surface area contributed by atoms with Crippen molar-refractivity contribution in [1.82, 2.24) is 0 Å². The van der Waals surface area contributed by atoms with Gasteiger partial charge in [-0.05, 0) is 29.9 Å². The lowest BCUT2D eigenvalue weighted by Crippen LogP contribution is -2.33. The lowest BCUT2D eigenvalue weighted by atomic mass is 9.68. The smallest absolute Gasteiger partial charge is 0.0850 e. The van der Waals surface area contributed by atoms with Crippen molar-refractivity contribution in [2.24, 2.45) is 5.41 Å². The molecule has 0 heterocycles. The Kier molecular flexibility index (Phi) is 1.72. The molecule has 1 aromatic carbocycles. The molecule has 1 unspecified atom stereocenters. The summed E-state index contributed by atoms with van der Waals surface area (Å²) in [4.78, 5) is 0. The second-order valence-corrected chi connectivity index (χ2v) is 4.95. The molecule has 0 aromatic heterocycles. The highest BCUT2D eigenvalue weighted by atomic mass is 14.5. The van der Waals surface area contributed by atoms with Crippen LogP contribution in [-0.4, -0.2) is 0 Å². The second kappa shape index (κ2) is 2.60. The van der Waals surface area contributed by atoms with E-state index in [2.05, 4.69) is 45.0 Å². The van der Waals surface area contributed by atoms with Gasteiger partial charge in [-0.1, -0.05) is 38.1 Å². The highest BCUT2D eigenvalue weighted by molar-refractivity contribution is 5.46. The van der Waals surface area contributed by atoms with Crippen LogP contribution in [0.1, 0.15) is 31.9 Å². The van der Waals surface area contributed by atoms with E-state index in [1.165, 1.54) is 11.1 Å². The van der Waals surface area contributed by atoms with E-state index >= 15 is 0 Å². The van der Waals surface area contributed by atoms with Gasteiger partial charge in [0.2, 0.25) is 0 Å². The molecule has 1 aromatic rings. The summed E-state index contributed by atoms with van der Waals surface area (Å²) in [7, 11) is 0.